The first kappa shape index (κ1) is 19.6. The van der Waals surface area contributed by atoms with Crippen LogP contribution in [0.1, 0.15) is 0 Å². The van der Waals surface area contributed by atoms with E-state index in [1.807, 2.05) is 60.7 Å². The van der Waals surface area contributed by atoms with Gasteiger partial charge in [0.05, 0.1) is 28.2 Å². The molecule has 4 heterocycles. The maximum Gasteiger partial charge on any atom is 0.144 e. The summed E-state index contributed by atoms with van der Waals surface area (Å²) in [6, 6.07) is 34.8. The van der Waals surface area contributed by atoms with Crippen molar-refractivity contribution in [3.63, 3.8) is 0 Å². The summed E-state index contributed by atoms with van der Waals surface area (Å²) in [4.78, 5) is 13.9. The van der Waals surface area contributed by atoms with Gasteiger partial charge in [0.2, 0.25) is 0 Å². The topological polar surface area (TPSA) is 51.8 Å². The molecule has 0 saturated carbocycles. The molecule has 4 heteroatoms. The lowest BCUT2D eigenvalue weighted by atomic mass is 9.98. The van der Waals surface area contributed by atoms with E-state index in [2.05, 4.69) is 47.4 Å². The van der Waals surface area contributed by atoms with E-state index in [4.69, 9.17) is 14.4 Å². The lowest BCUT2D eigenvalue weighted by molar-refractivity contribution is 0.622. The predicted molar refractivity (Wildman–Crippen MR) is 140 cm³/mol. The van der Waals surface area contributed by atoms with Gasteiger partial charge in [-0.15, -0.1) is 0 Å². The summed E-state index contributed by atoms with van der Waals surface area (Å²) >= 11 is 0. The van der Waals surface area contributed by atoms with Gasteiger partial charge in [-0.05, 0) is 42.5 Å². The fourth-order valence-electron chi connectivity index (χ4n) is 4.70. The highest BCUT2D eigenvalue weighted by Crippen LogP contribution is 2.44. The van der Waals surface area contributed by atoms with Gasteiger partial charge in [0.15, 0.2) is 0 Å². The summed E-state index contributed by atoms with van der Waals surface area (Å²) in [5, 5.41) is 2.12. The lowest BCUT2D eigenvalue weighted by Crippen LogP contribution is -1.90. The molecule has 3 aromatic carbocycles. The fraction of sp³-hybridized carbons (Fsp3) is 0. The van der Waals surface area contributed by atoms with E-state index < -0.39 is 0 Å². The molecule has 0 unspecified atom stereocenters. The zero-order valence-corrected chi connectivity index (χ0v) is 18.7. The second-order valence-electron chi connectivity index (χ2n) is 8.50. The Hall–Kier alpha value is -4.83. The standard InChI is InChI=1S/C31H19N3O/c1-3-8-27-23(6-1)29-30(34-27)24-7-2-4-11-28(24)35-31(29)22-14-12-20(13-15-22)25-9-5-10-26(33-25)21-16-18-32-19-17-21/h1-19H. The summed E-state index contributed by atoms with van der Waals surface area (Å²) in [5.41, 5.74) is 8.77. The second-order valence-corrected chi connectivity index (χ2v) is 8.50. The van der Waals surface area contributed by atoms with E-state index in [1.165, 1.54) is 0 Å². The molecule has 0 aliphatic carbocycles. The molecular weight excluding hydrogens is 430 g/mol. The van der Waals surface area contributed by atoms with Crippen LogP contribution in [0.3, 0.4) is 0 Å². The average Bonchev–Trinajstić information content (AvgIpc) is 3.33. The summed E-state index contributed by atoms with van der Waals surface area (Å²) in [5.74, 6) is 0.831. The first-order valence-corrected chi connectivity index (χ1v) is 11.5. The molecule has 0 fully saturated rings. The smallest absolute Gasteiger partial charge is 0.144 e. The third-order valence-corrected chi connectivity index (χ3v) is 6.39. The summed E-state index contributed by atoms with van der Waals surface area (Å²) in [7, 11) is 0. The van der Waals surface area contributed by atoms with E-state index in [0.717, 1.165) is 67.0 Å². The number of rotatable bonds is 3. The number of nitrogens with zero attached hydrogens (tertiary/aromatic N) is 3. The van der Waals surface area contributed by atoms with Gasteiger partial charge in [0.25, 0.3) is 0 Å². The van der Waals surface area contributed by atoms with Crippen LogP contribution in [-0.4, -0.2) is 15.0 Å². The Labute approximate surface area is 201 Å². The van der Waals surface area contributed by atoms with Crippen LogP contribution >= 0.6 is 0 Å². The molecule has 0 amide bonds. The Bertz CT molecular complexity index is 1790. The highest BCUT2D eigenvalue weighted by Gasteiger charge is 2.22. The third kappa shape index (κ3) is 3.27. The third-order valence-electron chi connectivity index (χ3n) is 6.39. The number of hydrogen-bond donors (Lipinski definition) is 0. The average molecular weight is 450 g/mol. The molecule has 164 valence electrons. The minimum absolute atomic E-state index is 0.827. The van der Waals surface area contributed by atoms with Crippen molar-refractivity contribution >= 4 is 21.9 Å². The summed E-state index contributed by atoms with van der Waals surface area (Å²) in [6.07, 6.45) is 3.57. The Morgan fingerprint density at radius 2 is 1.17 bits per heavy atom. The second kappa shape index (κ2) is 7.89. The molecule has 0 bridgehead atoms. The predicted octanol–water partition coefficient (Wildman–Crippen LogP) is 7.88. The van der Waals surface area contributed by atoms with Crippen molar-refractivity contribution < 1.29 is 4.42 Å². The van der Waals surface area contributed by atoms with E-state index >= 15 is 0 Å². The van der Waals surface area contributed by atoms with Crippen molar-refractivity contribution in [2.24, 2.45) is 0 Å². The molecule has 35 heavy (non-hydrogen) atoms. The zero-order valence-electron chi connectivity index (χ0n) is 18.7. The van der Waals surface area contributed by atoms with Crippen molar-refractivity contribution in [1.82, 2.24) is 15.0 Å². The fourth-order valence-corrected chi connectivity index (χ4v) is 4.70. The van der Waals surface area contributed by atoms with E-state index in [0.29, 0.717) is 0 Å². The summed E-state index contributed by atoms with van der Waals surface area (Å²) < 4.78 is 6.49. The Balaban J connectivity index is 1.37. The van der Waals surface area contributed by atoms with Crippen LogP contribution in [0, 0.1) is 0 Å². The minimum atomic E-state index is 0.827. The van der Waals surface area contributed by atoms with Crippen LogP contribution in [-0.2, 0) is 0 Å². The van der Waals surface area contributed by atoms with Gasteiger partial charge in [0, 0.05) is 39.9 Å². The van der Waals surface area contributed by atoms with E-state index in [1.54, 1.807) is 12.4 Å². The minimum Gasteiger partial charge on any atom is -0.455 e. The van der Waals surface area contributed by atoms with Crippen molar-refractivity contribution in [3.05, 3.63) is 116 Å². The van der Waals surface area contributed by atoms with Crippen LogP contribution in [0.2, 0.25) is 0 Å². The Morgan fingerprint density at radius 1 is 0.514 bits per heavy atom. The molecule has 7 rings (SSSR count). The van der Waals surface area contributed by atoms with Crippen molar-refractivity contribution in [2.45, 2.75) is 0 Å². The van der Waals surface area contributed by atoms with Gasteiger partial charge in [0.1, 0.15) is 11.3 Å². The van der Waals surface area contributed by atoms with Gasteiger partial charge < -0.3 is 4.42 Å². The van der Waals surface area contributed by atoms with Crippen molar-refractivity contribution in [3.8, 4) is 45.1 Å². The Kier molecular flexibility index (Phi) is 4.42. The molecule has 0 radical (unpaired) electrons. The van der Waals surface area contributed by atoms with E-state index in [-0.39, 0.29) is 0 Å². The number of fused-ring (bicyclic) bond motifs is 5. The number of pyridine rings is 2. The van der Waals surface area contributed by atoms with Gasteiger partial charge in [-0.1, -0.05) is 60.7 Å². The first-order valence-electron chi connectivity index (χ1n) is 11.5. The van der Waals surface area contributed by atoms with Gasteiger partial charge >= 0.3 is 0 Å². The zero-order chi connectivity index (χ0) is 23.2. The van der Waals surface area contributed by atoms with Crippen LogP contribution in [0.5, 0.6) is 0 Å². The maximum absolute atomic E-state index is 6.49. The molecule has 0 saturated heterocycles. The maximum atomic E-state index is 6.49. The molecule has 0 N–H and O–H groups in total. The normalized spacial score (nSPS) is 11.4. The molecule has 5 aromatic rings. The van der Waals surface area contributed by atoms with Crippen LogP contribution < -0.4 is 0 Å². The molecule has 0 spiro atoms. The van der Waals surface area contributed by atoms with Crippen LogP contribution in [0.25, 0.3) is 67.0 Å². The lowest BCUT2D eigenvalue weighted by Gasteiger charge is -2.12. The van der Waals surface area contributed by atoms with Gasteiger partial charge in [-0.2, -0.15) is 0 Å². The molecular formula is C31H19N3O. The number of aromatic nitrogens is 3. The SMILES string of the molecule is c1cc(-c2ccncc2)nc(-c2ccc(-c3oc4ccccc4c4nc5ccccc5c3-4)cc2)c1. The Morgan fingerprint density at radius 3 is 1.97 bits per heavy atom. The van der Waals surface area contributed by atoms with E-state index in [9.17, 15) is 0 Å². The number of para-hydroxylation sites is 2. The van der Waals surface area contributed by atoms with Crippen LogP contribution in [0.15, 0.2) is 120 Å². The van der Waals surface area contributed by atoms with Crippen molar-refractivity contribution in [1.29, 1.82) is 0 Å². The molecule has 2 aliphatic rings. The molecule has 2 aromatic heterocycles. The first-order chi connectivity index (χ1) is 17.3. The molecule has 2 aliphatic heterocycles. The summed E-state index contributed by atoms with van der Waals surface area (Å²) in [6.45, 7) is 0. The number of hydrogen-bond acceptors (Lipinski definition) is 4. The largest absolute Gasteiger partial charge is 0.455 e. The molecule has 0 atom stereocenters. The molecule has 4 nitrogen and oxygen atoms in total. The van der Waals surface area contributed by atoms with Gasteiger partial charge in [-0.3, -0.25) is 4.98 Å². The quantitative estimate of drug-likeness (QED) is 0.275. The highest BCUT2D eigenvalue weighted by atomic mass is 16.3. The van der Waals surface area contributed by atoms with Crippen LogP contribution in [0.4, 0.5) is 0 Å². The van der Waals surface area contributed by atoms with Crippen molar-refractivity contribution in [2.75, 3.05) is 0 Å². The van der Waals surface area contributed by atoms with Gasteiger partial charge in [-0.25, -0.2) is 9.97 Å². The highest BCUT2D eigenvalue weighted by molar-refractivity contribution is 6.10. The number of benzene rings is 3. The monoisotopic (exact) mass is 449 g/mol.